The molecule has 3 heterocycles. The molecule has 0 fully saturated rings. The van der Waals surface area contributed by atoms with E-state index >= 15 is 0 Å². The lowest BCUT2D eigenvalue weighted by Gasteiger charge is -2.22. The first kappa shape index (κ1) is 21.9. The van der Waals surface area contributed by atoms with Crippen molar-refractivity contribution in [1.82, 2.24) is 24.9 Å². The lowest BCUT2D eigenvalue weighted by Crippen LogP contribution is -2.34. The lowest BCUT2D eigenvalue weighted by molar-refractivity contribution is 0.0503. The maximum absolute atomic E-state index is 12.3. The molecule has 5 rings (SSSR count). The summed E-state index contributed by atoms with van der Waals surface area (Å²) in [5.41, 5.74) is 5.82. The minimum absolute atomic E-state index is 0.0684. The number of hydrogen-bond acceptors (Lipinski definition) is 6. The summed E-state index contributed by atoms with van der Waals surface area (Å²) in [6.45, 7) is 5.58. The van der Waals surface area contributed by atoms with Crippen molar-refractivity contribution < 1.29 is 14.3 Å². The molecule has 0 saturated carbocycles. The van der Waals surface area contributed by atoms with Gasteiger partial charge in [0.05, 0.1) is 18.8 Å². The maximum atomic E-state index is 12.3. The summed E-state index contributed by atoms with van der Waals surface area (Å²) in [5, 5.41) is 7.60. The molecule has 1 N–H and O–H groups in total. The van der Waals surface area contributed by atoms with Gasteiger partial charge in [0.15, 0.2) is 5.65 Å². The van der Waals surface area contributed by atoms with E-state index in [9.17, 15) is 4.79 Å². The first-order valence-electron chi connectivity index (χ1n) is 11.3. The first-order chi connectivity index (χ1) is 16.3. The Hall–Kier alpha value is -3.94. The lowest BCUT2D eigenvalue weighted by atomic mass is 10.0. The van der Waals surface area contributed by atoms with Crippen LogP contribution in [0.4, 0.5) is 4.79 Å². The number of nitrogens with one attached hydrogen (secondary N) is 1. The van der Waals surface area contributed by atoms with Crippen LogP contribution in [0.5, 0.6) is 5.88 Å². The monoisotopic (exact) mass is 457 g/mol. The van der Waals surface area contributed by atoms with E-state index in [1.54, 1.807) is 23.9 Å². The number of methoxy groups -OCH3 is 1. The van der Waals surface area contributed by atoms with Gasteiger partial charge in [0.25, 0.3) is 0 Å². The molecular formula is C26H27N5O3. The molecule has 0 unspecified atom stereocenters. The second-order valence-corrected chi connectivity index (χ2v) is 9.32. The van der Waals surface area contributed by atoms with Crippen LogP contribution in [0.25, 0.3) is 28.3 Å². The van der Waals surface area contributed by atoms with Crippen LogP contribution in [0.1, 0.15) is 44.4 Å². The summed E-state index contributed by atoms with van der Waals surface area (Å²) < 4.78 is 12.5. The third kappa shape index (κ3) is 4.19. The summed E-state index contributed by atoms with van der Waals surface area (Å²) in [4.78, 5) is 21.7. The van der Waals surface area contributed by atoms with Crippen LogP contribution in [-0.2, 0) is 11.2 Å². The normalized spacial score (nSPS) is 15.2. The van der Waals surface area contributed by atoms with Gasteiger partial charge < -0.3 is 14.8 Å². The number of nitrogens with zero attached hydrogens (tertiary/aromatic N) is 4. The predicted molar refractivity (Wildman–Crippen MR) is 129 cm³/mol. The van der Waals surface area contributed by atoms with Gasteiger partial charge in [-0.25, -0.2) is 14.3 Å². The van der Waals surface area contributed by atoms with Gasteiger partial charge in [-0.3, -0.25) is 4.98 Å². The standard InChI is InChI=1S/C26H27N5O3/c1-26(2,3)34-25(32)28-19-11-9-16-15-17(8-10-18(16)19)23-24(20-7-5-6-14-27-20)31-21(29-23)12-13-22(30-31)33-4/h5-8,10,12-15,19H,9,11H2,1-4H3,(H,28,32)/t19-/m0/s1. The van der Waals surface area contributed by atoms with Crippen molar-refractivity contribution in [2.75, 3.05) is 7.11 Å². The molecule has 0 radical (unpaired) electrons. The molecule has 1 amide bonds. The predicted octanol–water partition coefficient (Wildman–Crippen LogP) is 4.98. The molecule has 8 heteroatoms. The van der Waals surface area contributed by atoms with Crippen LogP contribution in [0.15, 0.2) is 54.7 Å². The van der Waals surface area contributed by atoms with Crippen LogP contribution in [-0.4, -0.2) is 38.4 Å². The van der Waals surface area contributed by atoms with Crippen molar-refractivity contribution in [2.24, 2.45) is 0 Å². The van der Waals surface area contributed by atoms with E-state index in [-0.39, 0.29) is 6.04 Å². The average molecular weight is 458 g/mol. The Balaban J connectivity index is 1.54. The number of pyridine rings is 1. The van der Waals surface area contributed by atoms with Gasteiger partial charge in [0.1, 0.15) is 17.0 Å². The number of carbonyl (C=O) groups is 1. The quantitative estimate of drug-likeness (QED) is 0.465. The molecular weight excluding hydrogens is 430 g/mol. The van der Waals surface area contributed by atoms with Crippen LogP contribution < -0.4 is 10.1 Å². The topological polar surface area (TPSA) is 90.6 Å². The molecule has 1 aromatic carbocycles. The Morgan fingerprint density at radius 3 is 2.74 bits per heavy atom. The summed E-state index contributed by atoms with van der Waals surface area (Å²) in [7, 11) is 1.59. The average Bonchev–Trinajstić information content (AvgIpc) is 3.38. The number of aromatic nitrogens is 4. The number of aryl methyl sites for hydroxylation is 1. The number of rotatable bonds is 4. The fourth-order valence-electron chi connectivity index (χ4n) is 4.32. The molecule has 0 saturated heterocycles. The van der Waals surface area contributed by atoms with E-state index in [0.717, 1.165) is 41.1 Å². The number of amides is 1. The fraction of sp³-hybridized carbons (Fsp3) is 0.308. The van der Waals surface area contributed by atoms with Crippen LogP contribution in [0, 0.1) is 0 Å². The number of imidazole rings is 1. The van der Waals surface area contributed by atoms with E-state index in [0.29, 0.717) is 11.5 Å². The number of carbonyl (C=O) groups excluding carboxylic acids is 1. The first-order valence-corrected chi connectivity index (χ1v) is 11.3. The van der Waals surface area contributed by atoms with Crippen molar-refractivity contribution in [1.29, 1.82) is 0 Å². The molecule has 0 spiro atoms. The molecule has 0 aliphatic heterocycles. The van der Waals surface area contributed by atoms with Crippen LogP contribution >= 0.6 is 0 Å². The van der Waals surface area contributed by atoms with Crippen molar-refractivity contribution in [3.63, 3.8) is 0 Å². The second kappa shape index (κ2) is 8.44. The molecule has 1 aliphatic carbocycles. The minimum Gasteiger partial charge on any atom is -0.480 e. The zero-order valence-corrected chi connectivity index (χ0v) is 19.7. The largest absolute Gasteiger partial charge is 0.480 e. The molecule has 4 aromatic rings. The SMILES string of the molecule is COc1ccc2nc(-c3ccc4c(c3)CC[C@@H]4NC(=O)OC(C)(C)C)c(-c3ccccn3)n2n1. The summed E-state index contributed by atoms with van der Waals surface area (Å²) >= 11 is 0. The van der Waals surface area contributed by atoms with Crippen molar-refractivity contribution >= 4 is 11.7 Å². The molecule has 3 aromatic heterocycles. The Morgan fingerprint density at radius 2 is 2.00 bits per heavy atom. The number of hydrogen-bond donors (Lipinski definition) is 1. The highest BCUT2D eigenvalue weighted by Gasteiger charge is 2.27. The van der Waals surface area contributed by atoms with Crippen molar-refractivity contribution in [3.8, 4) is 28.5 Å². The Morgan fingerprint density at radius 1 is 1.15 bits per heavy atom. The molecule has 8 nitrogen and oxygen atoms in total. The zero-order chi connectivity index (χ0) is 23.9. The summed E-state index contributed by atoms with van der Waals surface area (Å²) in [6, 6.07) is 15.6. The number of alkyl carbamates (subject to hydrolysis) is 1. The summed E-state index contributed by atoms with van der Waals surface area (Å²) in [6.07, 6.45) is 3.05. The number of ether oxygens (including phenoxy) is 2. The van der Waals surface area contributed by atoms with E-state index in [4.69, 9.17) is 14.5 Å². The van der Waals surface area contributed by atoms with E-state index in [1.807, 2.05) is 51.1 Å². The fourth-order valence-corrected chi connectivity index (χ4v) is 4.32. The van der Waals surface area contributed by atoms with Gasteiger partial charge >= 0.3 is 6.09 Å². The Labute approximate surface area is 198 Å². The molecule has 174 valence electrons. The number of benzene rings is 1. The van der Waals surface area contributed by atoms with Crippen molar-refractivity contribution in [2.45, 2.75) is 45.3 Å². The molecule has 1 aliphatic rings. The molecule has 0 bridgehead atoms. The summed E-state index contributed by atoms with van der Waals surface area (Å²) in [5.74, 6) is 0.499. The van der Waals surface area contributed by atoms with Gasteiger partial charge in [-0.1, -0.05) is 18.2 Å². The number of fused-ring (bicyclic) bond motifs is 2. The van der Waals surface area contributed by atoms with Gasteiger partial charge in [-0.05, 0) is 69.0 Å². The zero-order valence-electron chi connectivity index (χ0n) is 19.7. The van der Waals surface area contributed by atoms with Crippen LogP contribution in [0.2, 0.25) is 0 Å². The van der Waals surface area contributed by atoms with E-state index in [1.165, 1.54) is 5.56 Å². The smallest absolute Gasteiger partial charge is 0.408 e. The van der Waals surface area contributed by atoms with Gasteiger partial charge in [-0.2, -0.15) is 0 Å². The third-order valence-corrected chi connectivity index (χ3v) is 5.75. The third-order valence-electron chi connectivity index (χ3n) is 5.75. The van der Waals surface area contributed by atoms with E-state index < -0.39 is 11.7 Å². The molecule has 34 heavy (non-hydrogen) atoms. The maximum Gasteiger partial charge on any atom is 0.408 e. The van der Waals surface area contributed by atoms with Crippen molar-refractivity contribution in [3.05, 3.63) is 65.9 Å². The van der Waals surface area contributed by atoms with Gasteiger partial charge in [0, 0.05) is 17.8 Å². The van der Waals surface area contributed by atoms with E-state index in [2.05, 4.69) is 27.5 Å². The highest BCUT2D eigenvalue weighted by molar-refractivity contribution is 5.80. The highest BCUT2D eigenvalue weighted by Crippen LogP contribution is 2.37. The molecule has 1 atom stereocenters. The van der Waals surface area contributed by atoms with Gasteiger partial charge in [-0.15, -0.1) is 5.10 Å². The highest BCUT2D eigenvalue weighted by atomic mass is 16.6. The van der Waals surface area contributed by atoms with Gasteiger partial charge in [0.2, 0.25) is 5.88 Å². The second-order valence-electron chi connectivity index (χ2n) is 9.32. The Bertz CT molecular complexity index is 1360. The minimum atomic E-state index is -0.531. The Kier molecular flexibility index (Phi) is 5.43. The van der Waals surface area contributed by atoms with Crippen LogP contribution in [0.3, 0.4) is 0 Å².